The van der Waals surface area contributed by atoms with E-state index in [1.165, 1.54) is 0 Å². The molecule has 0 spiro atoms. The number of aromatic nitrogens is 2. The number of aryl methyl sites for hydroxylation is 1. The Balaban J connectivity index is 0.00000240. The largest absolute Gasteiger partial charge is 0.495 e. The molecule has 0 aliphatic carbocycles. The zero-order valence-corrected chi connectivity index (χ0v) is 20.1. The SMILES string of the molecule is Cl.Cl.[C-]#[N+]c1ccc2c(CCCN(C)C)nnc(NCc3ccc(OC)c(Cl)c3)c2c1. The average molecular weight is 483 g/mol. The summed E-state index contributed by atoms with van der Waals surface area (Å²) >= 11 is 6.22. The number of fused-ring (bicyclic) bond motifs is 1. The molecule has 6 nitrogen and oxygen atoms in total. The summed E-state index contributed by atoms with van der Waals surface area (Å²) in [6.45, 7) is 8.86. The van der Waals surface area contributed by atoms with Crippen molar-refractivity contribution in [3.63, 3.8) is 0 Å². The van der Waals surface area contributed by atoms with Crippen LogP contribution in [0.3, 0.4) is 0 Å². The van der Waals surface area contributed by atoms with E-state index in [9.17, 15) is 0 Å². The summed E-state index contributed by atoms with van der Waals surface area (Å²) in [6.07, 6.45) is 1.84. The molecule has 31 heavy (non-hydrogen) atoms. The summed E-state index contributed by atoms with van der Waals surface area (Å²) in [5.74, 6) is 1.30. The Labute approximate surface area is 200 Å². The van der Waals surface area contributed by atoms with Gasteiger partial charge in [0.15, 0.2) is 11.5 Å². The Morgan fingerprint density at radius 3 is 2.52 bits per heavy atom. The molecule has 166 valence electrons. The maximum absolute atomic E-state index is 7.34. The molecule has 0 bridgehead atoms. The zero-order chi connectivity index (χ0) is 20.8. The lowest BCUT2D eigenvalue weighted by molar-refractivity contribution is 0.399. The molecule has 0 fully saturated rings. The van der Waals surface area contributed by atoms with Crippen LogP contribution < -0.4 is 10.1 Å². The van der Waals surface area contributed by atoms with Gasteiger partial charge in [-0.25, -0.2) is 4.85 Å². The van der Waals surface area contributed by atoms with Crippen molar-refractivity contribution in [1.82, 2.24) is 15.1 Å². The topological polar surface area (TPSA) is 54.6 Å². The molecule has 1 heterocycles. The first kappa shape index (κ1) is 26.7. The molecule has 0 amide bonds. The van der Waals surface area contributed by atoms with Crippen LogP contribution in [0, 0.1) is 6.57 Å². The quantitative estimate of drug-likeness (QED) is 0.412. The Kier molecular flexibility index (Phi) is 10.8. The fourth-order valence-corrected chi connectivity index (χ4v) is 3.43. The Bertz CT molecular complexity index is 1050. The van der Waals surface area contributed by atoms with Gasteiger partial charge in [-0.05, 0) is 57.2 Å². The fraction of sp³-hybridized carbons (Fsp3) is 0.318. The Hall–Kier alpha value is -2.30. The van der Waals surface area contributed by atoms with E-state index < -0.39 is 0 Å². The fourth-order valence-electron chi connectivity index (χ4n) is 3.15. The Morgan fingerprint density at radius 2 is 1.87 bits per heavy atom. The van der Waals surface area contributed by atoms with Gasteiger partial charge < -0.3 is 15.0 Å². The number of benzene rings is 2. The molecule has 0 unspecified atom stereocenters. The molecule has 2 aromatic carbocycles. The van der Waals surface area contributed by atoms with Crippen molar-refractivity contribution in [2.75, 3.05) is 33.1 Å². The number of halogens is 3. The van der Waals surface area contributed by atoms with Crippen LogP contribution >= 0.6 is 36.4 Å². The van der Waals surface area contributed by atoms with Gasteiger partial charge in [0.1, 0.15) is 5.75 Å². The highest BCUT2D eigenvalue weighted by molar-refractivity contribution is 6.32. The minimum Gasteiger partial charge on any atom is -0.495 e. The predicted octanol–water partition coefficient (Wildman–Crippen LogP) is 5.79. The molecule has 3 rings (SSSR count). The first-order valence-corrected chi connectivity index (χ1v) is 9.77. The van der Waals surface area contributed by atoms with Crippen molar-refractivity contribution in [1.29, 1.82) is 0 Å². The van der Waals surface area contributed by atoms with Gasteiger partial charge in [0.05, 0.1) is 24.4 Å². The smallest absolute Gasteiger partial charge is 0.188 e. The maximum atomic E-state index is 7.34. The van der Waals surface area contributed by atoms with Gasteiger partial charge in [-0.3, -0.25) is 0 Å². The van der Waals surface area contributed by atoms with E-state index in [0.29, 0.717) is 28.8 Å². The second kappa shape index (κ2) is 12.5. The highest BCUT2D eigenvalue weighted by atomic mass is 35.5. The number of ether oxygens (including phenoxy) is 1. The van der Waals surface area contributed by atoms with Crippen LogP contribution in [0.1, 0.15) is 17.7 Å². The molecule has 0 aliphatic heterocycles. The van der Waals surface area contributed by atoms with E-state index >= 15 is 0 Å². The standard InChI is InChI=1S/C22H24ClN5O.2ClH/c1-24-16-8-9-17-18(13-16)22(27-26-20(17)6-5-11-28(2)3)25-14-15-7-10-21(29-4)19(23)12-15;;/h7-10,12-13H,5-6,11,14H2,2-4H3,(H,25,27);2*1H. The van der Waals surface area contributed by atoms with Crippen LogP contribution in [0.5, 0.6) is 5.75 Å². The van der Waals surface area contributed by atoms with Crippen LogP contribution in [-0.4, -0.2) is 42.8 Å². The highest BCUT2D eigenvalue weighted by Crippen LogP contribution is 2.29. The summed E-state index contributed by atoms with van der Waals surface area (Å²) in [5, 5.41) is 14.7. The molecule has 1 N–H and O–H groups in total. The van der Waals surface area contributed by atoms with Crippen molar-refractivity contribution in [2.45, 2.75) is 19.4 Å². The Morgan fingerprint density at radius 1 is 1.10 bits per heavy atom. The number of hydrogen-bond donors (Lipinski definition) is 1. The van der Waals surface area contributed by atoms with Crippen LogP contribution in [-0.2, 0) is 13.0 Å². The second-order valence-electron chi connectivity index (χ2n) is 7.07. The molecule has 0 radical (unpaired) electrons. The van der Waals surface area contributed by atoms with Crippen molar-refractivity contribution >= 4 is 58.7 Å². The predicted molar refractivity (Wildman–Crippen MR) is 133 cm³/mol. The molecule has 0 atom stereocenters. The highest BCUT2D eigenvalue weighted by Gasteiger charge is 2.11. The van der Waals surface area contributed by atoms with E-state index in [2.05, 4.69) is 39.4 Å². The average Bonchev–Trinajstić information content (AvgIpc) is 2.72. The number of anilines is 1. The minimum absolute atomic E-state index is 0. The van der Waals surface area contributed by atoms with Gasteiger partial charge >= 0.3 is 0 Å². The maximum Gasteiger partial charge on any atom is 0.188 e. The molecule has 0 aliphatic rings. The summed E-state index contributed by atoms with van der Waals surface area (Å²) in [4.78, 5) is 5.72. The van der Waals surface area contributed by atoms with Crippen LogP contribution in [0.15, 0.2) is 36.4 Å². The molecule has 0 saturated carbocycles. The summed E-state index contributed by atoms with van der Waals surface area (Å²) in [6, 6.07) is 11.3. The molecular weight excluding hydrogens is 457 g/mol. The van der Waals surface area contributed by atoms with Crippen LogP contribution in [0.4, 0.5) is 11.5 Å². The molecule has 1 aromatic heterocycles. The van der Waals surface area contributed by atoms with E-state index in [-0.39, 0.29) is 24.8 Å². The summed E-state index contributed by atoms with van der Waals surface area (Å²) in [5.41, 5.74) is 2.54. The molecule has 3 aromatic rings. The molecular formula is C22H26Cl3N5O. The van der Waals surface area contributed by atoms with Gasteiger partial charge in [-0.1, -0.05) is 29.8 Å². The minimum atomic E-state index is 0. The van der Waals surface area contributed by atoms with Crippen molar-refractivity contribution in [3.05, 3.63) is 64.1 Å². The normalized spacial score (nSPS) is 10.2. The van der Waals surface area contributed by atoms with Gasteiger partial charge in [0, 0.05) is 17.3 Å². The number of methoxy groups -OCH3 is 1. The molecule has 9 heteroatoms. The number of nitrogens with one attached hydrogen (secondary N) is 1. The number of hydrogen-bond acceptors (Lipinski definition) is 5. The van der Waals surface area contributed by atoms with Gasteiger partial charge in [0.2, 0.25) is 0 Å². The van der Waals surface area contributed by atoms with E-state index in [4.69, 9.17) is 22.9 Å². The lowest BCUT2D eigenvalue weighted by Crippen LogP contribution is -2.14. The third kappa shape index (κ3) is 6.84. The summed E-state index contributed by atoms with van der Waals surface area (Å²) < 4.78 is 5.20. The van der Waals surface area contributed by atoms with Gasteiger partial charge in [-0.2, -0.15) is 5.10 Å². The monoisotopic (exact) mass is 481 g/mol. The molecule has 0 saturated heterocycles. The van der Waals surface area contributed by atoms with Crippen molar-refractivity contribution < 1.29 is 4.74 Å². The lowest BCUT2D eigenvalue weighted by atomic mass is 10.1. The summed E-state index contributed by atoms with van der Waals surface area (Å²) in [7, 11) is 5.71. The first-order valence-electron chi connectivity index (χ1n) is 9.39. The van der Waals surface area contributed by atoms with Gasteiger partial charge in [-0.15, -0.1) is 29.9 Å². The third-order valence-corrected chi connectivity index (χ3v) is 4.96. The lowest BCUT2D eigenvalue weighted by Gasteiger charge is -2.13. The van der Waals surface area contributed by atoms with Crippen molar-refractivity contribution in [3.8, 4) is 5.75 Å². The number of rotatable bonds is 8. The van der Waals surface area contributed by atoms with Crippen molar-refractivity contribution in [2.24, 2.45) is 0 Å². The third-order valence-electron chi connectivity index (χ3n) is 4.66. The van der Waals surface area contributed by atoms with E-state index in [0.717, 1.165) is 41.4 Å². The van der Waals surface area contributed by atoms with Gasteiger partial charge in [0.25, 0.3) is 0 Å². The second-order valence-corrected chi connectivity index (χ2v) is 7.47. The number of nitrogens with zero attached hydrogens (tertiary/aromatic N) is 4. The first-order chi connectivity index (χ1) is 14.0. The van der Waals surface area contributed by atoms with E-state index in [1.807, 2.05) is 36.4 Å². The van der Waals surface area contributed by atoms with Crippen LogP contribution in [0.2, 0.25) is 5.02 Å². The van der Waals surface area contributed by atoms with E-state index in [1.54, 1.807) is 7.11 Å². The zero-order valence-electron chi connectivity index (χ0n) is 17.7. The van der Waals surface area contributed by atoms with Crippen LogP contribution in [0.25, 0.3) is 15.6 Å².